The van der Waals surface area contributed by atoms with Crippen molar-refractivity contribution in [1.29, 1.82) is 0 Å². The van der Waals surface area contributed by atoms with Crippen LogP contribution < -0.4 is 21.7 Å². The number of anilines is 3. The lowest BCUT2D eigenvalue weighted by Crippen LogP contribution is -2.19. The van der Waals surface area contributed by atoms with Gasteiger partial charge in [-0.25, -0.2) is 15.0 Å². The number of nitrogens with two attached hydrogens (primary N) is 1. The summed E-state index contributed by atoms with van der Waals surface area (Å²) in [5, 5.41) is 12.7. The van der Waals surface area contributed by atoms with Gasteiger partial charge in [-0.1, -0.05) is 38.6 Å². The van der Waals surface area contributed by atoms with Gasteiger partial charge in [-0.2, -0.15) is 0 Å². The molecular formula is C25H32N8O3. The summed E-state index contributed by atoms with van der Waals surface area (Å²) in [6.45, 7) is 12.6. The molecule has 11 heteroatoms. The van der Waals surface area contributed by atoms with Crippen LogP contribution in [0.4, 0.5) is 23.1 Å². The van der Waals surface area contributed by atoms with Gasteiger partial charge in [-0.3, -0.25) is 4.79 Å². The van der Waals surface area contributed by atoms with Gasteiger partial charge < -0.3 is 30.9 Å². The fourth-order valence-electron chi connectivity index (χ4n) is 3.07. The molecule has 1 aromatic carbocycles. The number of aryl methyl sites for hydroxylation is 1. The molecule has 2 heterocycles. The molecule has 0 aliphatic heterocycles. The normalized spacial score (nSPS) is 11.8. The zero-order valence-corrected chi connectivity index (χ0v) is 21.2. The van der Waals surface area contributed by atoms with Crippen LogP contribution in [0.5, 0.6) is 0 Å². The van der Waals surface area contributed by atoms with Crippen LogP contribution in [-0.4, -0.2) is 47.1 Å². The van der Waals surface area contributed by atoms with E-state index in [0.29, 0.717) is 53.3 Å². The topological polar surface area (TPSA) is 153 Å². The van der Waals surface area contributed by atoms with Crippen molar-refractivity contribution in [2.75, 3.05) is 36.2 Å². The van der Waals surface area contributed by atoms with E-state index in [0.717, 1.165) is 5.56 Å². The van der Waals surface area contributed by atoms with Crippen molar-refractivity contribution >= 4 is 34.9 Å². The van der Waals surface area contributed by atoms with Gasteiger partial charge in [0.2, 0.25) is 5.95 Å². The molecule has 0 spiro atoms. The number of aromatic nitrogens is 3. The average molecular weight is 493 g/mol. The second-order valence-electron chi connectivity index (χ2n) is 9.00. The van der Waals surface area contributed by atoms with Crippen LogP contribution in [-0.2, 0) is 10.2 Å². The molecule has 0 saturated carbocycles. The number of hydrogen-bond donors (Lipinski definition) is 4. The van der Waals surface area contributed by atoms with Gasteiger partial charge in [0.15, 0.2) is 11.7 Å². The van der Waals surface area contributed by atoms with Crippen molar-refractivity contribution in [2.45, 2.75) is 33.1 Å². The molecule has 5 N–H and O–H groups in total. The molecule has 0 bridgehead atoms. The molecule has 190 valence electrons. The van der Waals surface area contributed by atoms with Crippen molar-refractivity contribution in [3.05, 3.63) is 65.8 Å². The Morgan fingerprint density at radius 2 is 2.08 bits per heavy atom. The Balaban J connectivity index is 1.87. The number of aliphatic imine (C=N–C) groups is 1. The molecule has 0 unspecified atom stereocenters. The molecule has 0 atom stereocenters. The largest absolute Gasteiger partial charge is 0.383 e. The molecular weight excluding hydrogens is 460 g/mol. The quantitative estimate of drug-likeness (QED) is 0.187. The predicted octanol–water partition coefficient (Wildman–Crippen LogP) is 3.97. The highest BCUT2D eigenvalue weighted by Gasteiger charge is 2.21. The molecule has 36 heavy (non-hydrogen) atoms. The van der Waals surface area contributed by atoms with Gasteiger partial charge in [-0.15, -0.1) is 0 Å². The van der Waals surface area contributed by atoms with E-state index in [-0.39, 0.29) is 17.2 Å². The van der Waals surface area contributed by atoms with E-state index < -0.39 is 0 Å². The number of carbonyl (C=O) groups excluding carboxylic acids is 1. The number of rotatable bonds is 10. The van der Waals surface area contributed by atoms with Crippen LogP contribution in [0.1, 0.15) is 48.1 Å². The van der Waals surface area contributed by atoms with Crippen molar-refractivity contribution in [3.63, 3.8) is 0 Å². The number of methoxy groups -OCH3 is 1. The van der Waals surface area contributed by atoms with Gasteiger partial charge in [0.1, 0.15) is 11.5 Å². The average Bonchev–Trinajstić information content (AvgIpc) is 3.30. The van der Waals surface area contributed by atoms with Crippen molar-refractivity contribution in [3.8, 4) is 0 Å². The zero-order chi connectivity index (χ0) is 26.3. The molecule has 3 aromatic rings. The summed E-state index contributed by atoms with van der Waals surface area (Å²) >= 11 is 0. The van der Waals surface area contributed by atoms with Gasteiger partial charge >= 0.3 is 0 Å². The molecule has 0 aliphatic carbocycles. The molecule has 0 aliphatic rings. The van der Waals surface area contributed by atoms with Gasteiger partial charge in [0, 0.05) is 30.7 Å². The number of hydrogen-bond acceptors (Lipinski definition) is 9. The number of carbonyl (C=O) groups is 1. The Labute approximate surface area is 210 Å². The van der Waals surface area contributed by atoms with E-state index in [1.54, 1.807) is 37.6 Å². The molecule has 2 aromatic heterocycles. The molecule has 11 nitrogen and oxygen atoms in total. The highest BCUT2D eigenvalue weighted by Crippen LogP contribution is 2.26. The van der Waals surface area contributed by atoms with Gasteiger partial charge in [0.05, 0.1) is 24.2 Å². The van der Waals surface area contributed by atoms with Crippen molar-refractivity contribution < 1.29 is 14.1 Å². The smallest absolute Gasteiger partial charge is 0.256 e. The lowest BCUT2D eigenvalue weighted by atomic mass is 9.93. The first kappa shape index (κ1) is 26.4. The van der Waals surface area contributed by atoms with Crippen LogP contribution in [0.25, 0.3) is 0 Å². The molecule has 0 saturated heterocycles. The summed E-state index contributed by atoms with van der Waals surface area (Å²) in [7, 11) is 1.61. The molecule has 0 fully saturated rings. The molecule has 1 amide bonds. The Morgan fingerprint density at radius 1 is 1.31 bits per heavy atom. The summed E-state index contributed by atoms with van der Waals surface area (Å²) in [5.74, 6) is 1.18. The SMILES string of the molecule is C=CNc1cnc(NCCOC)nc1C(N)=Nc1cc(C(=O)Nc2cc(C(C)(C)C)on2)ccc1C. The third kappa shape index (κ3) is 6.66. The first-order valence-corrected chi connectivity index (χ1v) is 11.3. The second-order valence-corrected chi connectivity index (χ2v) is 9.00. The molecule has 0 radical (unpaired) electrons. The van der Waals surface area contributed by atoms with Crippen LogP contribution in [0.2, 0.25) is 0 Å². The summed E-state index contributed by atoms with van der Waals surface area (Å²) in [5.41, 5.74) is 8.80. The van der Waals surface area contributed by atoms with Crippen molar-refractivity contribution in [1.82, 2.24) is 15.1 Å². The summed E-state index contributed by atoms with van der Waals surface area (Å²) < 4.78 is 10.4. The maximum atomic E-state index is 12.9. The third-order valence-electron chi connectivity index (χ3n) is 5.08. The first-order valence-electron chi connectivity index (χ1n) is 11.3. The lowest BCUT2D eigenvalue weighted by molar-refractivity contribution is 0.102. The van der Waals surface area contributed by atoms with Crippen LogP contribution in [0.3, 0.4) is 0 Å². The highest BCUT2D eigenvalue weighted by molar-refractivity contribution is 6.05. The number of ether oxygens (including phenoxy) is 1. The number of nitrogens with zero attached hydrogens (tertiary/aromatic N) is 4. The van der Waals surface area contributed by atoms with Gasteiger partial charge in [0.25, 0.3) is 5.91 Å². The monoisotopic (exact) mass is 492 g/mol. The standard InChI is InChI=1S/C25H32N8O3/c1-7-27-18-14-29-24(28-10-11-35-6)32-21(18)22(26)30-17-12-16(9-8-15(17)2)23(34)31-20-13-19(36-33-20)25(3,4)5/h7-9,12-14,27H,1,10-11H2,2-6H3,(H2,26,30)(H,28,29,32)(H,31,33,34). The maximum absolute atomic E-state index is 12.9. The van der Waals surface area contributed by atoms with E-state index in [1.165, 1.54) is 6.20 Å². The predicted molar refractivity (Wildman–Crippen MR) is 141 cm³/mol. The second kappa shape index (κ2) is 11.5. The van der Waals surface area contributed by atoms with E-state index in [9.17, 15) is 4.79 Å². The number of benzene rings is 1. The Kier molecular flexibility index (Phi) is 8.38. The minimum absolute atomic E-state index is 0.142. The summed E-state index contributed by atoms with van der Waals surface area (Å²) in [6, 6.07) is 6.87. The van der Waals surface area contributed by atoms with Crippen LogP contribution in [0.15, 0.2) is 52.8 Å². The van der Waals surface area contributed by atoms with Crippen LogP contribution >= 0.6 is 0 Å². The fraction of sp³-hybridized carbons (Fsp3) is 0.320. The van der Waals surface area contributed by atoms with Crippen LogP contribution in [0, 0.1) is 6.92 Å². The van der Waals surface area contributed by atoms with E-state index >= 15 is 0 Å². The van der Waals surface area contributed by atoms with E-state index in [4.69, 9.17) is 15.0 Å². The minimum Gasteiger partial charge on any atom is -0.383 e. The fourth-order valence-corrected chi connectivity index (χ4v) is 3.07. The highest BCUT2D eigenvalue weighted by atomic mass is 16.5. The zero-order valence-electron chi connectivity index (χ0n) is 21.2. The maximum Gasteiger partial charge on any atom is 0.256 e. The third-order valence-corrected chi connectivity index (χ3v) is 5.08. The van der Waals surface area contributed by atoms with Crippen molar-refractivity contribution in [2.24, 2.45) is 10.7 Å². The summed E-state index contributed by atoms with van der Waals surface area (Å²) in [4.78, 5) is 26.2. The Bertz CT molecular complexity index is 1260. The van der Waals surface area contributed by atoms with Gasteiger partial charge in [-0.05, 0) is 30.8 Å². The Morgan fingerprint density at radius 3 is 2.75 bits per heavy atom. The minimum atomic E-state index is -0.348. The Hall–Kier alpha value is -4.25. The molecule has 3 rings (SSSR count). The van der Waals surface area contributed by atoms with E-state index in [1.807, 2.05) is 27.7 Å². The first-order chi connectivity index (χ1) is 17.1. The number of amides is 1. The lowest BCUT2D eigenvalue weighted by Gasteiger charge is -2.12. The number of nitrogens with one attached hydrogen (secondary N) is 3. The number of amidine groups is 1. The van der Waals surface area contributed by atoms with E-state index in [2.05, 4.69) is 42.6 Å². The summed E-state index contributed by atoms with van der Waals surface area (Å²) in [6.07, 6.45) is 3.08.